The van der Waals surface area contributed by atoms with Crippen molar-refractivity contribution in [3.05, 3.63) is 63.3 Å². The van der Waals surface area contributed by atoms with Gasteiger partial charge in [0.25, 0.3) is 5.56 Å². The van der Waals surface area contributed by atoms with Gasteiger partial charge in [-0.2, -0.15) is 4.39 Å². The van der Waals surface area contributed by atoms with Crippen molar-refractivity contribution in [1.29, 1.82) is 0 Å². The number of aromatic nitrogens is 3. The molecule has 14 heteroatoms. The molecule has 9 nitrogen and oxygen atoms in total. The number of aryl methyl sites for hydroxylation is 2. The molecule has 1 saturated carbocycles. The molecule has 0 radical (unpaired) electrons. The lowest BCUT2D eigenvalue weighted by Gasteiger charge is -2.11. The van der Waals surface area contributed by atoms with Gasteiger partial charge in [0.15, 0.2) is 0 Å². The second-order valence-corrected chi connectivity index (χ2v) is 10.9. The molecule has 2 heterocycles. The Morgan fingerprint density at radius 2 is 1.85 bits per heavy atom. The van der Waals surface area contributed by atoms with E-state index in [-0.39, 0.29) is 29.7 Å². The van der Waals surface area contributed by atoms with Crippen LogP contribution in [0.5, 0.6) is 5.75 Å². The molecule has 0 aliphatic heterocycles. The van der Waals surface area contributed by atoms with Gasteiger partial charge >= 0.3 is 6.36 Å². The predicted molar refractivity (Wildman–Crippen MR) is 144 cm³/mol. The number of carbonyl (C=O) groups is 2. The Kier molecular flexibility index (Phi) is 10.1. The van der Waals surface area contributed by atoms with E-state index in [0.29, 0.717) is 42.2 Å². The molecule has 2 aromatic heterocycles. The lowest BCUT2D eigenvalue weighted by Crippen LogP contribution is -2.25. The molecule has 0 spiro atoms. The highest BCUT2D eigenvalue weighted by Crippen LogP contribution is 2.28. The topological polar surface area (TPSA) is 115 Å². The highest BCUT2D eigenvalue weighted by molar-refractivity contribution is 7.15. The fourth-order valence-corrected chi connectivity index (χ4v) is 5.46. The van der Waals surface area contributed by atoms with Gasteiger partial charge < -0.3 is 19.9 Å². The van der Waals surface area contributed by atoms with Crippen molar-refractivity contribution in [2.75, 3.05) is 10.6 Å². The molecule has 4 rings (SSSR count). The molecule has 0 unspecified atom stereocenters. The number of carbonyl (C=O) groups excluding carboxylic acids is 2. The Morgan fingerprint density at radius 3 is 2.61 bits per heavy atom. The van der Waals surface area contributed by atoms with Crippen LogP contribution < -0.4 is 20.9 Å². The molecule has 0 saturated heterocycles. The third-order valence-electron chi connectivity index (χ3n) is 6.58. The number of benzene rings is 1. The molecule has 2 N–H and O–H groups in total. The summed E-state index contributed by atoms with van der Waals surface area (Å²) in [7, 11) is 0. The lowest BCUT2D eigenvalue weighted by molar-refractivity contribution is -0.274. The van der Waals surface area contributed by atoms with Gasteiger partial charge in [-0.15, -0.1) is 23.4 Å². The van der Waals surface area contributed by atoms with Crippen LogP contribution in [0.4, 0.5) is 28.4 Å². The van der Waals surface area contributed by atoms with Crippen molar-refractivity contribution in [2.45, 2.75) is 70.7 Å². The van der Waals surface area contributed by atoms with Crippen LogP contribution >= 0.6 is 11.3 Å². The zero-order chi connectivity index (χ0) is 29.4. The molecular weight excluding hydrogens is 566 g/mol. The van der Waals surface area contributed by atoms with Crippen LogP contribution in [0.15, 0.2) is 41.3 Å². The van der Waals surface area contributed by atoms with Gasteiger partial charge in [0, 0.05) is 25.6 Å². The fourth-order valence-electron chi connectivity index (χ4n) is 4.66. The van der Waals surface area contributed by atoms with E-state index in [1.807, 2.05) is 0 Å². The standard InChI is InChI=1S/C27H29F4N5O4S/c28-24-20(32-21(37)15-17-6-1-2-7-17)11-13-36(25(24)39)12-4-3-10-23-34-35-26(41-23)33-22(38)16-18-8-5-9-19(14-18)40-27(29,30)31/h5,8-9,11,13-14,17H,1-4,6-7,10,12,15-16H2,(H,32,37)(H,33,35,38). The predicted octanol–water partition coefficient (Wildman–Crippen LogP) is 5.46. The number of rotatable bonds is 12. The van der Waals surface area contributed by atoms with E-state index in [2.05, 4.69) is 25.6 Å². The van der Waals surface area contributed by atoms with Crippen LogP contribution in [0.1, 0.15) is 55.5 Å². The number of nitrogens with zero attached hydrogens (tertiary/aromatic N) is 3. The highest BCUT2D eigenvalue weighted by Gasteiger charge is 2.31. The second kappa shape index (κ2) is 13.7. The van der Waals surface area contributed by atoms with E-state index in [0.717, 1.165) is 49.2 Å². The average molecular weight is 596 g/mol. The first-order chi connectivity index (χ1) is 19.6. The molecule has 1 aliphatic rings. The summed E-state index contributed by atoms with van der Waals surface area (Å²) in [5.74, 6) is -1.85. The number of nitrogens with one attached hydrogen (secondary N) is 2. The first-order valence-corrected chi connectivity index (χ1v) is 14.0. The van der Waals surface area contributed by atoms with E-state index in [1.54, 1.807) is 0 Å². The van der Waals surface area contributed by atoms with Gasteiger partial charge in [0.1, 0.15) is 10.8 Å². The molecule has 1 aliphatic carbocycles. The normalized spacial score (nSPS) is 13.8. The van der Waals surface area contributed by atoms with Crippen LogP contribution in [-0.4, -0.2) is 32.9 Å². The lowest BCUT2D eigenvalue weighted by atomic mass is 10.0. The minimum absolute atomic E-state index is 0.111. The number of pyridine rings is 1. The maximum atomic E-state index is 14.6. The Bertz CT molecular complexity index is 1420. The van der Waals surface area contributed by atoms with Crippen molar-refractivity contribution >= 4 is 34.0 Å². The van der Waals surface area contributed by atoms with Gasteiger partial charge in [0.05, 0.1) is 12.1 Å². The molecule has 3 aromatic rings. The maximum Gasteiger partial charge on any atom is 0.573 e. The van der Waals surface area contributed by atoms with E-state index in [9.17, 15) is 31.9 Å². The largest absolute Gasteiger partial charge is 0.573 e. The highest BCUT2D eigenvalue weighted by atomic mass is 32.1. The third kappa shape index (κ3) is 9.37. The summed E-state index contributed by atoms with van der Waals surface area (Å²) in [5.41, 5.74) is -0.583. The van der Waals surface area contributed by atoms with Crippen LogP contribution in [0, 0.1) is 11.7 Å². The summed E-state index contributed by atoms with van der Waals surface area (Å²) in [6.45, 7) is 0.269. The van der Waals surface area contributed by atoms with Crippen molar-refractivity contribution in [1.82, 2.24) is 14.8 Å². The van der Waals surface area contributed by atoms with Crippen molar-refractivity contribution in [2.24, 2.45) is 5.92 Å². The van der Waals surface area contributed by atoms with E-state index < -0.39 is 29.4 Å². The smallest absolute Gasteiger partial charge is 0.406 e. The van der Waals surface area contributed by atoms with Gasteiger partial charge in [-0.25, -0.2) is 0 Å². The van der Waals surface area contributed by atoms with Gasteiger partial charge in [-0.1, -0.05) is 36.3 Å². The number of hydrogen-bond donors (Lipinski definition) is 2. The summed E-state index contributed by atoms with van der Waals surface area (Å²) < 4.78 is 56.9. The molecule has 1 fully saturated rings. The van der Waals surface area contributed by atoms with Gasteiger partial charge in [-0.05, 0) is 55.4 Å². The summed E-state index contributed by atoms with van der Waals surface area (Å²) in [6.07, 6.45) is 2.64. The van der Waals surface area contributed by atoms with Crippen LogP contribution in [0.3, 0.4) is 0 Å². The molecule has 0 bridgehead atoms. The maximum absolute atomic E-state index is 14.6. The molecule has 2 amide bonds. The Hall–Kier alpha value is -3.81. The zero-order valence-corrected chi connectivity index (χ0v) is 22.8. The third-order valence-corrected chi connectivity index (χ3v) is 7.48. The van der Waals surface area contributed by atoms with Crippen LogP contribution in [0.2, 0.25) is 0 Å². The number of unbranched alkanes of at least 4 members (excludes halogenated alkanes) is 1. The molecule has 1 aromatic carbocycles. The number of halogens is 4. The number of alkyl halides is 3. The number of anilines is 2. The van der Waals surface area contributed by atoms with Gasteiger partial charge in [0.2, 0.25) is 22.8 Å². The van der Waals surface area contributed by atoms with Crippen molar-refractivity contribution in [3.8, 4) is 5.75 Å². The number of amides is 2. The summed E-state index contributed by atoms with van der Waals surface area (Å²) in [4.78, 5) is 36.9. The minimum Gasteiger partial charge on any atom is -0.406 e. The van der Waals surface area contributed by atoms with Crippen LogP contribution in [-0.2, 0) is 29.0 Å². The fraction of sp³-hybridized carbons (Fsp3) is 0.444. The van der Waals surface area contributed by atoms with Crippen molar-refractivity contribution in [3.63, 3.8) is 0 Å². The first kappa shape index (κ1) is 30.2. The summed E-state index contributed by atoms with van der Waals surface area (Å²) >= 11 is 1.16. The van der Waals surface area contributed by atoms with Crippen LogP contribution in [0.25, 0.3) is 0 Å². The second-order valence-electron chi connectivity index (χ2n) is 9.82. The molecule has 41 heavy (non-hydrogen) atoms. The Morgan fingerprint density at radius 1 is 1.07 bits per heavy atom. The molecule has 220 valence electrons. The first-order valence-electron chi connectivity index (χ1n) is 13.2. The zero-order valence-electron chi connectivity index (χ0n) is 22.0. The SMILES string of the molecule is O=C(Cc1cccc(OC(F)(F)F)c1)Nc1nnc(CCCCn2ccc(NC(=O)CC3CCCC3)c(F)c2=O)s1. The Labute approximate surface area is 236 Å². The van der Waals surface area contributed by atoms with E-state index in [1.165, 1.54) is 29.0 Å². The summed E-state index contributed by atoms with van der Waals surface area (Å²) in [6, 6.07) is 6.54. The molecular formula is C27H29F4N5O4S. The molecule has 0 atom stereocenters. The average Bonchev–Trinajstić information content (AvgIpc) is 3.57. The Balaban J connectivity index is 1.20. The number of hydrogen-bond acceptors (Lipinski definition) is 7. The minimum atomic E-state index is -4.83. The quantitative estimate of drug-likeness (QED) is 0.212. The van der Waals surface area contributed by atoms with Crippen molar-refractivity contribution < 1.29 is 31.9 Å². The summed E-state index contributed by atoms with van der Waals surface area (Å²) in [5, 5.41) is 13.9. The van der Waals surface area contributed by atoms with Gasteiger partial charge in [-0.3, -0.25) is 14.4 Å². The number of ether oxygens (including phenoxy) is 1. The van der Waals surface area contributed by atoms with E-state index in [4.69, 9.17) is 0 Å². The van der Waals surface area contributed by atoms with E-state index >= 15 is 0 Å². The monoisotopic (exact) mass is 595 g/mol.